The lowest BCUT2D eigenvalue weighted by Crippen LogP contribution is -2.17. The summed E-state index contributed by atoms with van der Waals surface area (Å²) in [6, 6.07) is 5.27. The molecule has 0 saturated heterocycles. The Morgan fingerprint density at radius 2 is 2.25 bits per heavy atom. The van der Waals surface area contributed by atoms with Crippen molar-refractivity contribution in [2.45, 2.75) is 31.7 Å². The third-order valence-electron chi connectivity index (χ3n) is 3.25. The molecule has 1 aliphatic carbocycles. The maximum absolute atomic E-state index is 13.0. The van der Waals surface area contributed by atoms with Crippen molar-refractivity contribution in [3.05, 3.63) is 34.1 Å². The first-order chi connectivity index (χ1) is 7.70. The van der Waals surface area contributed by atoms with E-state index in [4.69, 9.17) is 0 Å². The minimum Gasteiger partial charge on any atom is -0.313 e. The molecular formula is C13H17BrFN. The highest BCUT2D eigenvalue weighted by Gasteiger charge is 2.23. The molecule has 0 amide bonds. The van der Waals surface area contributed by atoms with Crippen molar-refractivity contribution in [2.75, 3.05) is 7.05 Å². The molecule has 1 saturated carbocycles. The molecule has 88 valence electrons. The molecule has 0 spiro atoms. The Kier molecular flexibility index (Phi) is 3.98. The molecule has 1 fully saturated rings. The van der Waals surface area contributed by atoms with E-state index in [0.29, 0.717) is 6.04 Å². The molecular weight excluding hydrogens is 269 g/mol. The monoisotopic (exact) mass is 285 g/mol. The summed E-state index contributed by atoms with van der Waals surface area (Å²) in [7, 11) is 1.97. The number of hydrogen-bond donors (Lipinski definition) is 1. The van der Waals surface area contributed by atoms with Gasteiger partial charge in [-0.15, -0.1) is 0 Å². The predicted molar refractivity (Wildman–Crippen MR) is 67.9 cm³/mol. The lowest BCUT2D eigenvalue weighted by molar-refractivity contribution is 0.503. The molecule has 0 radical (unpaired) electrons. The molecule has 1 atom stereocenters. The van der Waals surface area contributed by atoms with Crippen LogP contribution in [-0.2, 0) is 0 Å². The molecule has 1 aromatic carbocycles. The minimum absolute atomic E-state index is 0.187. The molecule has 3 heteroatoms. The van der Waals surface area contributed by atoms with E-state index in [0.717, 1.165) is 22.4 Å². The first-order valence-electron chi connectivity index (χ1n) is 5.83. The lowest BCUT2D eigenvalue weighted by Gasteiger charge is -2.18. The van der Waals surface area contributed by atoms with Gasteiger partial charge in [0.25, 0.3) is 0 Å². The van der Waals surface area contributed by atoms with Crippen LogP contribution in [0, 0.1) is 11.7 Å². The summed E-state index contributed by atoms with van der Waals surface area (Å²) in [4.78, 5) is 0. The second-order valence-corrected chi connectivity index (χ2v) is 5.38. The number of nitrogens with one attached hydrogen (secondary N) is 1. The van der Waals surface area contributed by atoms with Crippen molar-refractivity contribution in [2.24, 2.45) is 5.92 Å². The lowest BCUT2D eigenvalue weighted by atomic mass is 10.0. The number of rotatable bonds is 5. The second-order valence-electron chi connectivity index (χ2n) is 4.53. The molecule has 1 N–H and O–H groups in total. The summed E-state index contributed by atoms with van der Waals surface area (Å²) >= 11 is 3.43. The zero-order valence-electron chi connectivity index (χ0n) is 9.47. The molecule has 1 aromatic rings. The van der Waals surface area contributed by atoms with E-state index in [1.165, 1.54) is 31.4 Å². The van der Waals surface area contributed by atoms with E-state index in [9.17, 15) is 4.39 Å². The van der Waals surface area contributed by atoms with Gasteiger partial charge in [0.2, 0.25) is 0 Å². The summed E-state index contributed by atoms with van der Waals surface area (Å²) in [5, 5.41) is 3.31. The van der Waals surface area contributed by atoms with E-state index in [-0.39, 0.29) is 5.82 Å². The first kappa shape index (κ1) is 12.1. The minimum atomic E-state index is -0.187. The van der Waals surface area contributed by atoms with Crippen LogP contribution in [0.4, 0.5) is 4.39 Å². The van der Waals surface area contributed by atoms with E-state index in [1.807, 2.05) is 13.1 Å². The zero-order chi connectivity index (χ0) is 11.5. The molecule has 0 heterocycles. The predicted octanol–water partition coefficient (Wildman–Crippen LogP) is 4.04. The van der Waals surface area contributed by atoms with Crippen LogP contribution in [0.15, 0.2) is 22.7 Å². The Morgan fingerprint density at radius 1 is 1.50 bits per heavy atom. The van der Waals surface area contributed by atoms with Gasteiger partial charge >= 0.3 is 0 Å². The van der Waals surface area contributed by atoms with Crippen LogP contribution < -0.4 is 5.32 Å². The van der Waals surface area contributed by atoms with Crippen LogP contribution >= 0.6 is 15.9 Å². The van der Waals surface area contributed by atoms with Crippen molar-refractivity contribution in [3.8, 4) is 0 Å². The van der Waals surface area contributed by atoms with Crippen molar-refractivity contribution in [1.82, 2.24) is 5.32 Å². The van der Waals surface area contributed by atoms with Crippen LogP contribution in [-0.4, -0.2) is 7.05 Å². The first-order valence-corrected chi connectivity index (χ1v) is 6.62. The van der Waals surface area contributed by atoms with Gasteiger partial charge in [0.1, 0.15) is 5.82 Å². The quantitative estimate of drug-likeness (QED) is 0.861. The molecule has 16 heavy (non-hydrogen) atoms. The fourth-order valence-corrected chi connectivity index (χ4v) is 2.68. The maximum Gasteiger partial charge on any atom is 0.124 e. The molecule has 0 aliphatic heterocycles. The van der Waals surface area contributed by atoms with Gasteiger partial charge in [-0.25, -0.2) is 4.39 Å². The van der Waals surface area contributed by atoms with Gasteiger partial charge < -0.3 is 5.32 Å². The number of halogens is 2. The van der Waals surface area contributed by atoms with Crippen molar-refractivity contribution in [3.63, 3.8) is 0 Å². The summed E-state index contributed by atoms with van der Waals surface area (Å²) < 4.78 is 13.9. The van der Waals surface area contributed by atoms with Crippen LogP contribution in [0.5, 0.6) is 0 Å². The van der Waals surface area contributed by atoms with Gasteiger partial charge in [-0.2, -0.15) is 0 Å². The van der Waals surface area contributed by atoms with Crippen molar-refractivity contribution in [1.29, 1.82) is 0 Å². The average molecular weight is 286 g/mol. The number of hydrogen-bond acceptors (Lipinski definition) is 1. The normalized spacial score (nSPS) is 17.4. The molecule has 0 bridgehead atoms. The Bertz CT molecular complexity index is 363. The zero-order valence-corrected chi connectivity index (χ0v) is 11.1. The second kappa shape index (κ2) is 5.28. The van der Waals surface area contributed by atoms with Crippen molar-refractivity contribution < 1.29 is 4.39 Å². The van der Waals surface area contributed by atoms with E-state index in [2.05, 4.69) is 21.2 Å². The topological polar surface area (TPSA) is 12.0 Å². The third-order valence-corrected chi connectivity index (χ3v) is 3.93. The Labute approximate surface area is 105 Å². The molecule has 1 aliphatic rings. The van der Waals surface area contributed by atoms with E-state index >= 15 is 0 Å². The highest BCUT2D eigenvalue weighted by molar-refractivity contribution is 9.10. The van der Waals surface area contributed by atoms with Gasteiger partial charge in [-0.3, -0.25) is 0 Å². The highest BCUT2D eigenvalue weighted by atomic mass is 79.9. The van der Waals surface area contributed by atoms with Crippen molar-refractivity contribution >= 4 is 15.9 Å². The summed E-state index contributed by atoms with van der Waals surface area (Å²) in [6.45, 7) is 0. The summed E-state index contributed by atoms with van der Waals surface area (Å²) in [5.74, 6) is 0.753. The molecule has 2 rings (SSSR count). The van der Waals surface area contributed by atoms with Crippen LogP contribution in [0.2, 0.25) is 0 Å². The molecule has 1 unspecified atom stereocenters. The fourth-order valence-electron chi connectivity index (χ4n) is 2.05. The van der Waals surface area contributed by atoms with Gasteiger partial charge in [-0.1, -0.05) is 34.8 Å². The molecule has 1 nitrogen and oxygen atoms in total. The third kappa shape index (κ3) is 3.05. The smallest absolute Gasteiger partial charge is 0.124 e. The largest absolute Gasteiger partial charge is 0.313 e. The average Bonchev–Trinajstić information content (AvgIpc) is 3.05. The van der Waals surface area contributed by atoms with E-state index < -0.39 is 0 Å². The van der Waals surface area contributed by atoms with Gasteiger partial charge in [0.05, 0.1) is 0 Å². The van der Waals surface area contributed by atoms with E-state index in [1.54, 1.807) is 0 Å². The van der Waals surface area contributed by atoms with Gasteiger partial charge in [-0.05, 0) is 43.5 Å². The Morgan fingerprint density at radius 3 is 2.81 bits per heavy atom. The standard InChI is InChI=1S/C13H17BrFN/c1-16-13(7-4-9-2-3-9)11-6-5-10(15)8-12(11)14/h5-6,8-9,13,16H,2-4,7H2,1H3. The number of benzene rings is 1. The highest BCUT2D eigenvalue weighted by Crippen LogP contribution is 2.36. The summed E-state index contributed by atoms with van der Waals surface area (Å²) in [5.41, 5.74) is 1.16. The van der Waals surface area contributed by atoms with Crippen LogP contribution in [0.3, 0.4) is 0 Å². The Balaban J connectivity index is 2.05. The van der Waals surface area contributed by atoms with Gasteiger partial charge in [0.15, 0.2) is 0 Å². The summed E-state index contributed by atoms with van der Waals surface area (Å²) in [6.07, 6.45) is 5.18. The maximum atomic E-state index is 13.0. The SMILES string of the molecule is CNC(CCC1CC1)c1ccc(F)cc1Br. The fraction of sp³-hybridized carbons (Fsp3) is 0.538. The van der Waals surface area contributed by atoms with Gasteiger partial charge in [0, 0.05) is 10.5 Å². The Hall–Kier alpha value is -0.410. The van der Waals surface area contributed by atoms with Crippen LogP contribution in [0.25, 0.3) is 0 Å². The van der Waals surface area contributed by atoms with Crippen LogP contribution in [0.1, 0.15) is 37.3 Å². The molecule has 0 aromatic heterocycles.